The zero-order valence-corrected chi connectivity index (χ0v) is 13.4. The summed E-state index contributed by atoms with van der Waals surface area (Å²) in [6.07, 6.45) is 2.12. The van der Waals surface area contributed by atoms with Gasteiger partial charge in [-0.3, -0.25) is 4.90 Å². The minimum Gasteiger partial charge on any atom is -0.326 e. The molecule has 3 unspecified atom stereocenters. The maximum absolute atomic E-state index is 13.5. The van der Waals surface area contributed by atoms with Crippen LogP contribution >= 0.6 is 0 Å². The van der Waals surface area contributed by atoms with E-state index in [1.54, 1.807) is 12.1 Å². The predicted octanol–water partition coefficient (Wildman–Crippen LogP) is 2.49. The molecular weight excluding hydrogens is 265 g/mol. The van der Waals surface area contributed by atoms with Crippen molar-refractivity contribution in [3.8, 4) is 0 Å². The molecule has 0 spiro atoms. The van der Waals surface area contributed by atoms with E-state index in [4.69, 9.17) is 5.73 Å². The Kier molecular flexibility index (Phi) is 5.73. The van der Waals surface area contributed by atoms with Gasteiger partial charge in [-0.25, -0.2) is 4.39 Å². The summed E-state index contributed by atoms with van der Waals surface area (Å²) in [5.41, 5.74) is 7.31. The molecule has 1 heterocycles. The summed E-state index contributed by atoms with van der Waals surface area (Å²) in [5, 5.41) is 0. The van der Waals surface area contributed by atoms with E-state index in [1.807, 2.05) is 6.07 Å². The second kappa shape index (κ2) is 7.34. The zero-order chi connectivity index (χ0) is 15.4. The van der Waals surface area contributed by atoms with Crippen molar-refractivity contribution >= 4 is 0 Å². The highest BCUT2D eigenvalue weighted by Crippen LogP contribution is 2.27. The fourth-order valence-electron chi connectivity index (χ4n) is 3.44. The fraction of sp³-hybridized carbons (Fsp3) is 0.647. The average Bonchev–Trinajstić information content (AvgIpc) is 2.84. The second-order valence-electron chi connectivity index (χ2n) is 6.43. The topological polar surface area (TPSA) is 32.5 Å². The monoisotopic (exact) mass is 293 g/mol. The number of nitrogens with zero attached hydrogens (tertiary/aromatic N) is 2. The lowest BCUT2D eigenvalue weighted by Crippen LogP contribution is -2.41. The van der Waals surface area contributed by atoms with Gasteiger partial charge in [0.2, 0.25) is 0 Å². The molecule has 0 aliphatic carbocycles. The van der Waals surface area contributed by atoms with E-state index >= 15 is 0 Å². The number of halogens is 1. The summed E-state index contributed by atoms with van der Waals surface area (Å²) in [5.74, 6) is 0.495. The van der Waals surface area contributed by atoms with Gasteiger partial charge in [-0.15, -0.1) is 0 Å². The van der Waals surface area contributed by atoms with Crippen LogP contribution in [0.1, 0.15) is 31.4 Å². The first-order valence-electron chi connectivity index (χ1n) is 7.91. The van der Waals surface area contributed by atoms with E-state index in [0.717, 1.165) is 25.1 Å². The number of benzene rings is 1. The van der Waals surface area contributed by atoms with Gasteiger partial charge < -0.3 is 10.6 Å². The Hall–Kier alpha value is -0.970. The van der Waals surface area contributed by atoms with Crippen LogP contribution < -0.4 is 5.73 Å². The highest BCUT2D eigenvalue weighted by Gasteiger charge is 2.27. The van der Waals surface area contributed by atoms with Crippen molar-refractivity contribution < 1.29 is 4.39 Å². The van der Waals surface area contributed by atoms with Gasteiger partial charge in [0.05, 0.1) is 0 Å². The van der Waals surface area contributed by atoms with Crippen LogP contribution in [0.2, 0.25) is 0 Å². The Balaban J connectivity index is 2.11. The molecule has 2 N–H and O–H groups in total. The average molecular weight is 293 g/mol. The maximum atomic E-state index is 13.5. The van der Waals surface area contributed by atoms with E-state index in [-0.39, 0.29) is 17.9 Å². The van der Waals surface area contributed by atoms with Gasteiger partial charge in [-0.05, 0) is 57.1 Å². The summed E-state index contributed by atoms with van der Waals surface area (Å²) in [7, 11) is 4.28. The molecule has 0 radical (unpaired) electrons. The first-order chi connectivity index (χ1) is 10.0. The molecular formula is C17H28FN3. The third-order valence-corrected chi connectivity index (χ3v) is 4.58. The molecule has 4 heteroatoms. The molecule has 3 nitrogen and oxygen atoms in total. The maximum Gasteiger partial charge on any atom is 0.123 e. The van der Waals surface area contributed by atoms with Gasteiger partial charge in [0.1, 0.15) is 5.82 Å². The molecule has 0 saturated carbocycles. The van der Waals surface area contributed by atoms with Crippen molar-refractivity contribution in [2.45, 2.75) is 31.8 Å². The van der Waals surface area contributed by atoms with Gasteiger partial charge in [0.15, 0.2) is 0 Å². The molecule has 1 aromatic carbocycles. The Bertz CT molecular complexity index is 451. The van der Waals surface area contributed by atoms with Crippen molar-refractivity contribution in [3.05, 3.63) is 35.6 Å². The largest absolute Gasteiger partial charge is 0.326 e. The standard InChI is InChI=1S/C17H28FN3/c1-4-16(19)17(14-6-5-7-15(18)10-14)21(3)12-13-8-9-20(2)11-13/h5-7,10,13,16-17H,4,8-9,11-12,19H2,1-3H3. The Labute approximate surface area is 127 Å². The summed E-state index contributed by atoms with van der Waals surface area (Å²) in [4.78, 5) is 4.68. The van der Waals surface area contributed by atoms with Crippen LogP contribution in [0.25, 0.3) is 0 Å². The molecule has 1 aliphatic rings. The van der Waals surface area contributed by atoms with E-state index in [2.05, 4.69) is 30.8 Å². The normalized spacial score (nSPS) is 22.7. The number of rotatable bonds is 6. The summed E-state index contributed by atoms with van der Waals surface area (Å²) >= 11 is 0. The van der Waals surface area contributed by atoms with Crippen LogP contribution in [0.5, 0.6) is 0 Å². The number of nitrogens with two attached hydrogens (primary N) is 1. The molecule has 1 fully saturated rings. The van der Waals surface area contributed by atoms with E-state index < -0.39 is 0 Å². The van der Waals surface area contributed by atoms with Gasteiger partial charge in [-0.1, -0.05) is 19.1 Å². The van der Waals surface area contributed by atoms with E-state index in [1.165, 1.54) is 19.0 Å². The Morgan fingerprint density at radius 3 is 2.81 bits per heavy atom. The number of likely N-dealkylation sites (N-methyl/N-ethyl adjacent to an activating group) is 1. The summed E-state index contributed by atoms with van der Waals surface area (Å²) < 4.78 is 13.5. The smallest absolute Gasteiger partial charge is 0.123 e. The van der Waals surface area contributed by atoms with Gasteiger partial charge >= 0.3 is 0 Å². The van der Waals surface area contributed by atoms with Crippen LogP contribution in [0.3, 0.4) is 0 Å². The predicted molar refractivity (Wildman–Crippen MR) is 85.6 cm³/mol. The fourth-order valence-corrected chi connectivity index (χ4v) is 3.44. The van der Waals surface area contributed by atoms with Crippen LogP contribution in [-0.2, 0) is 0 Å². The lowest BCUT2D eigenvalue weighted by Gasteiger charge is -2.34. The molecule has 2 rings (SSSR count). The van der Waals surface area contributed by atoms with Crippen molar-refractivity contribution in [1.29, 1.82) is 0 Å². The first-order valence-corrected chi connectivity index (χ1v) is 7.91. The van der Waals surface area contributed by atoms with Crippen LogP contribution in [0, 0.1) is 11.7 Å². The third kappa shape index (κ3) is 4.25. The molecule has 0 aromatic heterocycles. The number of hydrogen-bond donors (Lipinski definition) is 1. The molecule has 0 bridgehead atoms. The Morgan fingerprint density at radius 2 is 2.24 bits per heavy atom. The SMILES string of the molecule is CCC(N)C(c1cccc(F)c1)N(C)CC1CCN(C)C1. The van der Waals surface area contributed by atoms with Crippen LogP contribution in [-0.4, -0.2) is 49.6 Å². The first kappa shape index (κ1) is 16.4. The minimum atomic E-state index is -0.185. The quantitative estimate of drug-likeness (QED) is 0.874. The summed E-state index contributed by atoms with van der Waals surface area (Å²) in [6.45, 7) is 5.41. The molecule has 21 heavy (non-hydrogen) atoms. The van der Waals surface area contributed by atoms with Gasteiger partial charge in [-0.2, -0.15) is 0 Å². The van der Waals surface area contributed by atoms with E-state index in [0.29, 0.717) is 5.92 Å². The molecule has 1 aromatic rings. The summed E-state index contributed by atoms with van der Waals surface area (Å²) in [6, 6.07) is 6.98. The highest BCUT2D eigenvalue weighted by atomic mass is 19.1. The van der Waals surface area contributed by atoms with Gasteiger partial charge in [0, 0.05) is 25.2 Å². The Morgan fingerprint density at radius 1 is 1.48 bits per heavy atom. The van der Waals surface area contributed by atoms with Crippen molar-refractivity contribution in [2.75, 3.05) is 33.7 Å². The molecule has 1 aliphatic heterocycles. The van der Waals surface area contributed by atoms with E-state index in [9.17, 15) is 4.39 Å². The highest BCUT2D eigenvalue weighted by molar-refractivity contribution is 5.22. The molecule has 118 valence electrons. The number of hydrogen-bond acceptors (Lipinski definition) is 3. The lowest BCUT2D eigenvalue weighted by molar-refractivity contribution is 0.180. The van der Waals surface area contributed by atoms with Crippen molar-refractivity contribution in [3.63, 3.8) is 0 Å². The number of likely N-dealkylation sites (tertiary alicyclic amines) is 1. The molecule has 1 saturated heterocycles. The third-order valence-electron chi connectivity index (χ3n) is 4.58. The molecule has 3 atom stereocenters. The van der Waals surface area contributed by atoms with Crippen LogP contribution in [0.15, 0.2) is 24.3 Å². The zero-order valence-electron chi connectivity index (χ0n) is 13.4. The minimum absolute atomic E-state index is 0.0240. The van der Waals surface area contributed by atoms with Crippen molar-refractivity contribution in [1.82, 2.24) is 9.80 Å². The molecule has 0 amide bonds. The van der Waals surface area contributed by atoms with Crippen molar-refractivity contribution in [2.24, 2.45) is 11.7 Å². The van der Waals surface area contributed by atoms with Crippen LogP contribution in [0.4, 0.5) is 4.39 Å². The van der Waals surface area contributed by atoms with Gasteiger partial charge in [0.25, 0.3) is 0 Å². The second-order valence-corrected chi connectivity index (χ2v) is 6.43. The lowest BCUT2D eigenvalue weighted by atomic mass is 9.95.